The zero-order valence-corrected chi connectivity index (χ0v) is 12.7. The van der Waals surface area contributed by atoms with Crippen molar-refractivity contribution in [2.45, 2.75) is 20.8 Å². The summed E-state index contributed by atoms with van der Waals surface area (Å²) in [6.07, 6.45) is 1.69. The number of hydrogen-bond acceptors (Lipinski definition) is 2. The van der Waals surface area contributed by atoms with Gasteiger partial charge in [-0.2, -0.15) is 0 Å². The van der Waals surface area contributed by atoms with Crippen LogP contribution >= 0.6 is 15.9 Å². The lowest BCUT2D eigenvalue weighted by Gasteiger charge is -2.08. The molecule has 1 N–H and O–H groups in total. The van der Waals surface area contributed by atoms with E-state index >= 15 is 0 Å². The number of amides is 1. The maximum absolute atomic E-state index is 12.2. The van der Waals surface area contributed by atoms with Crippen LogP contribution in [0, 0.1) is 20.8 Å². The van der Waals surface area contributed by atoms with Gasteiger partial charge in [0.2, 0.25) is 0 Å². The molecule has 0 unspecified atom stereocenters. The summed E-state index contributed by atoms with van der Waals surface area (Å²) in [5, 5.41) is 2.82. The van der Waals surface area contributed by atoms with Gasteiger partial charge in [0.1, 0.15) is 5.82 Å². The molecule has 3 nitrogen and oxygen atoms in total. The predicted octanol–water partition coefficient (Wildman–Crippen LogP) is 4.02. The van der Waals surface area contributed by atoms with Gasteiger partial charge in [0, 0.05) is 16.2 Å². The largest absolute Gasteiger partial charge is 0.307 e. The van der Waals surface area contributed by atoms with E-state index in [1.165, 1.54) is 0 Å². The molecule has 0 fully saturated rings. The summed E-state index contributed by atoms with van der Waals surface area (Å²) in [7, 11) is 0. The van der Waals surface area contributed by atoms with Crippen molar-refractivity contribution in [3.63, 3.8) is 0 Å². The third kappa shape index (κ3) is 3.20. The minimum atomic E-state index is -0.133. The van der Waals surface area contributed by atoms with Crippen molar-refractivity contribution >= 4 is 27.7 Å². The number of pyridine rings is 1. The predicted molar refractivity (Wildman–Crippen MR) is 80.5 cm³/mol. The molecule has 0 atom stereocenters. The van der Waals surface area contributed by atoms with Crippen LogP contribution in [0.5, 0.6) is 0 Å². The van der Waals surface area contributed by atoms with Crippen LogP contribution in [0.4, 0.5) is 5.82 Å². The molecular weight excluding hydrogens is 304 g/mol. The molecule has 0 aliphatic rings. The number of hydrogen-bond donors (Lipinski definition) is 1. The first kappa shape index (κ1) is 13.7. The molecule has 2 rings (SSSR count). The SMILES string of the molecule is Cc1ccc(C(=O)Nc2cc(C)c(Br)cn2)c(C)c1. The van der Waals surface area contributed by atoms with Crippen LogP contribution in [-0.2, 0) is 0 Å². The molecule has 1 aromatic carbocycles. The van der Waals surface area contributed by atoms with E-state index in [2.05, 4.69) is 26.2 Å². The van der Waals surface area contributed by atoms with Crippen LogP contribution in [-0.4, -0.2) is 10.9 Å². The number of carbonyl (C=O) groups is 1. The molecule has 1 heterocycles. The van der Waals surface area contributed by atoms with Gasteiger partial charge in [0.05, 0.1) is 0 Å². The molecule has 0 aliphatic heterocycles. The maximum Gasteiger partial charge on any atom is 0.257 e. The van der Waals surface area contributed by atoms with Gasteiger partial charge < -0.3 is 5.32 Å². The van der Waals surface area contributed by atoms with Crippen LogP contribution in [0.15, 0.2) is 34.9 Å². The van der Waals surface area contributed by atoms with Crippen molar-refractivity contribution < 1.29 is 4.79 Å². The second-order valence-corrected chi connectivity index (χ2v) is 5.45. The highest BCUT2D eigenvalue weighted by Crippen LogP contribution is 2.18. The molecule has 4 heteroatoms. The number of aryl methyl sites for hydroxylation is 3. The van der Waals surface area contributed by atoms with Gasteiger partial charge >= 0.3 is 0 Å². The number of nitrogens with one attached hydrogen (secondary N) is 1. The van der Waals surface area contributed by atoms with Crippen molar-refractivity contribution in [1.29, 1.82) is 0 Å². The number of anilines is 1. The standard InChI is InChI=1S/C15H15BrN2O/c1-9-4-5-12(10(2)6-9)15(19)18-14-7-11(3)13(16)8-17-14/h4-8H,1-3H3,(H,17,18,19). The number of halogens is 1. The molecule has 0 saturated carbocycles. The fourth-order valence-corrected chi connectivity index (χ4v) is 2.08. The van der Waals surface area contributed by atoms with E-state index in [9.17, 15) is 4.79 Å². The maximum atomic E-state index is 12.2. The zero-order valence-electron chi connectivity index (χ0n) is 11.1. The lowest BCUT2D eigenvalue weighted by Crippen LogP contribution is -2.14. The van der Waals surface area contributed by atoms with E-state index in [4.69, 9.17) is 0 Å². The summed E-state index contributed by atoms with van der Waals surface area (Å²) in [5.41, 5.74) is 3.82. The van der Waals surface area contributed by atoms with Gasteiger partial charge in [-0.05, 0) is 60.0 Å². The van der Waals surface area contributed by atoms with Crippen LogP contribution in [0.2, 0.25) is 0 Å². The smallest absolute Gasteiger partial charge is 0.257 e. The van der Waals surface area contributed by atoms with Crippen molar-refractivity contribution in [1.82, 2.24) is 4.98 Å². The summed E-state index contributed by atoms with van der Waals surface area (Å²) in [4.78, 5) is 16.4. The van der Waals surface area contributed by atoms with E-state index in [1.54, 1.807) is 6.20 Å². The minimum Gasteiger partial charge on any atom is -0.307 e. The molecule has 0 saturated heterocycles. The van der Waals surface area contributed by atoms with E-state index in [1.807, 2.05) is 45.0 Å². The number of nitrogens with zero attached hydrogens (tertiary/aromatic N) is 1. The highest BCUT2D eigenvalue weighted by atomic mass is 79.9. The zero-order chi connectivity index (χ0) is 14.0. The second-order valence-electron chi connectivity index (χ2n) is 4.59. The number of rotatable bonds is 2. The van der Waals surface area contributed by atoms with Gasteiger partial charge in [-0.15, -0.1) is 0 Å². The third-order valence-electron chi connectivity index (χ3n) is 2.92. The summed E-state index contributed by atoms with van der Waals surface area (Å²) < 4.78 is 0.928. The topological polar surface area (TPSA) is 42.0 Å². The Kier molecular flexibility index (Phi) is 4.00. The molecule has 0 aliphatic carbocycles. The first-order valence-electron chi connectivity index (χ1n) is 5.98. The summed E-state index contributed by atoms with van der Waals surface area (Å²) in [6, 6.07) is 7.61. The van der Waals surface area contributed by atoms with Gasteiger partial charge in [-0.25, -0.2) is 4.98 Å². The molecule has 1 aromatic heterocycles. The highest BCUT2D eigenvalue weighted by molar-refractivity contribution is 9.10. The normalized spacial score (nSPS) is 10.3. The van der Waals surface area contributed by atoms with Crippen LogP contribution in [0.1, 0.15) is 27.0 Å². The molecular formula is C15H15BrN2O. The Morgan fingerprint density at radius 1 is 1.16 bits per heavy atom. The van der Waals surface area contributed by atoms with Crippen molar-refractivity contribution in [3.05, 3.63) is 57.2 Å². The average Bonchev–Trinajstić information content (AvgIpc) is 2.33. The molecule has 0 bridgehead atoms. The van der Waals surface area contributed by atoms with Crippen molar-refractivity contribution in [3.8, 4) is 0 Å². The molecule has 19 heavy (non-hydrogen) atoms. The van der Waals surface area contributed by atoms with Crippen LogP contribution < -0.4 is 5.32 Å². The first-order valence-corrected chi connectivity index (χ1v) is 6.77. The molecule has 0 spiro atoms. The Bertz CT molecular complexity index is 638. The van der Waals surface area contributed by atoms with Gasteiger partial charge in [0.25, 0.3) is 5.91 Å². The van der Waals surface area contributed by atoms with Crippen LogP contribution in [0.3, 0.4) is 0 Å². The number of carbonyl (C=O) groups excluding carboxylic acids is 1. The first-order chi connectivity index (χ1) is 8.97. The third-order valence-corrected chi connectivity index (χ3v) is 3.75. The molecule has 98 valence electrons. The Morgan fingerprint density at radius 2 is 1.89 bits per heavy atom. The Morgan fingerprint density at radius 3 is 2.53 bits per heavy atom. The Balaban J connectivity index is 2.23. The molecule has 2 aromatic rings. The van der Waals surface area contributed by atoms with Gasteiger partial charge in [-0.3, -0.25) is 4.79 Å². The van der Waals surface area contributed by atoms with E-state index in [-0.39, 0.29) is 5.91 Å². The Labute approximate surface area is 121 Å². The second kappa shape index (κ2) is 5.53. The highest BCUT2D eigenvalue weighted by Gasteiger charge is 2.10. The summed E-state index contributed by atoms with van der Waals surface area (Å²) >= 11 is 3.38. The quantitative estimate of drug-likeness (QED) is 0.908. The lowest BCUT2D eigenvalue weighted by molar-refractivity contribution is 0.102. The summed E-state index contributed by atoms with van der Waals surface area (Å²) in [6.45, 7) is 5.90. The fourth-order valence-electron chi connectivity index (χ4n) is 1.86. The monoisotopic (exact) mass is 318 g/mol. The number of aromatic nitrogens is 1. The lowest BCUT2D eigenvalue weighted by atomic mass is 10.1. The summed E-state index contributed by atoms with van der Waals surface area (Å²) in [5.74, 6) is 0.428. The average molecular weight is 319 g/mol. The van der Waals surface area contributed by atoms with Crippen molar-refractivity contribution in [2.75, 3.05) is 5.32 Å². The van der Waals surface area contributed by atoms with E-state index in [0.29, 0.717) is 11.4 Å². The minimum absolute atomic E-state index is 0.133. The van der Waals surface area contributed by atoms with Gasteiger partial charge in [-0.1, -0.05) is 17.7 Å². The van der Waals surface area contributed by atoms with E-state index in [0.717, 1.165) is 21.2 Å². The van der Waals surface area contributed by atoms with Gasteiger partial charge in [0.15, 0.2) is 0 Å². The molecule has 0 radical (unpaired) electrons. The fraction of sp³-hybridized carbons (Fsp3) is 0.200. The van der Waals surface area contributed by atoms with Crippen LogP contribution in [0.25, 0.3) is 0 Å². The number of benzene rings is 1. The van der Waals surface area contributed by atoms with Crippen molar-refractivity contribution in [2.24, 2.45) is 0 Å². The Hall–Kier alpha value is -1.68. The van der Waals surface area contributed by atoms with E-state index < -0.39 is 0 Å². The molecule has 1 amide bonds.